The molecule has 0 radical (unpaired) electrons. The highest BCUT2D eigenvalue weighted by molar-refractivity contribution is 7.46. The Morgan fingerprint density at radius 2 is 1.47 bits per heavy atom. The summed E-state index contributed by atoms with van der Waals surface area (Å²) in [4.78, 5) is 0. The average molecular weight is 304 g/mol. The molecular weight excluding hydrogens is 283 g/mol. The van der Waals surface area contributed by atoms with Gasteiger partial charge in [0.1, 0.15) is 7.38 Å². The lowest BCUT2D eigenvalue weighted by Crippen LogP contribution is -2.31. The van der Waals surface area contributed by atoms with Gasteiger partial charge in [-0.3, -0.25) is 0 Å². The summed E-state index contributed by atoms with van der Waals surface area (Å²) in [6, 6.07) is 2.08. The Kier molecular flexibility index (Phi) is 5.52. The van der Waals surface area contributed by atoms with Gasteiger partial charge in [0.2, 0.25) is 0 Å². The van der Waals surface area contributed by atoms with Gasteiger partial charge in [0.25, 0.3) is 6.69 Å². The van der Waals surface area contributed by atoms with Gasteiger partial charge in [-0.1, -0.05) is 45.2 Å². The van der Waals surface area contributed by atoms with Gasteiger partial charge >= 0.3 is 0 Å². The van der Waals surface area contributed by atoms with Crippen molar-refractivity contribution < 1.29 is 0 Å². The first-order chi connectivity index (χ1) is 6.81. The third kappa shape index (κ3) is 5.44. The lowest BCUT2D eigenvalue weighted by molar-refractivity contribution is 0.497. The lowest BCUT2D eigenvalue weighted by atomic mass is 10.0. The van der Waals surface area contributed by atoms with Crippen LogP contribution in [0.25, 0.3) is 0 Å². The van der Waals surface area contributed by atoms with Gasteiger partial charge < -0.3 is 0 Å². The predicted molar refractivity (Wildman–Crippen MR) is 77.2 cm³/mol. The molecule has 0 unspecified atom stereocenters. The molecule has 1 saturated carbocycles. The summed E-state index contributed by atoms with van der Waals surface area (Å²) in [5.41, 5.74) is 0.627. The number of hydrogen-bond acceptors (Lipinski definition) is 0. The molecule has 0 atom stereocenters. The fourth-order valence-electron chi connectivity index (χ4n) is 2.19. The molecule has 1 fully saturated rings. The quantitative estimate of drug-likeness (QED) is 0.462. The minimum Gasteiger partial charge on any atom is -0.168 e. The van der Waals surface area contributed by atoms with Crippen LogP contribution in [0.1, 0.15) is 32.1 Å². The molecule has 5 heteroatoms. The topological polar surface area (TPSA) is 0 Å². The summed E-state index contributed by atoms with van der Waals surface area (Å²) in [5.74, 6) is 0. The third-order valence-corrected chi connectivity index (χ3v) is 11.4. The van der Waals surface area contributed by atoms with Gasteiger partial charge in [-0.2, -0.15) is 11.1 Å². The average Bonchev–Trinajstić information content (AvgIpc) is 2.16. The van der Waals surface area contributed by atoms with E-state index in [-0.39, 0.29) is 0 Å². The van der Waals surface area contributed by atoms with Crippen LogP contribution in [0.2, 0.25) is 30.7 Å². The van der Waals surface area contributed by atoms with Gasteiger partial charge in [0.15, 0.2) is 0 Å². The molecule has 90 valence electrons. The minimum absolute atomic E-state index is 0.627. The number of rotatable bonds is 4. The summed E-state index contributed by atoms with van der Waals surface area (Å²) in [6.45, 7) is 2.33. The summed E-state index contributed by atoms with van der Waals surface area (Å²) in [5, 5.41) is 0. The Morgan fingerprint density at radius 1 is 0.933 bits per heavy atom. The number of hydrogen-bond donors (Lipinski definition) is 0. The van der Waals surface area contributed by atoms with Crippen molar-refractivity contribution in [3.63, 3.8) is 0 Å². The Morgan fingerprint density at radius 3 is 1.93 bits per heavy atom. The van der Waals surface area contributed by atoms with E-state index in [9.17, 15) is 0 Å². The van der Waals surface area contributed by atoms with E-state index in [2.05, 4.69) is 13.1 Å². The van der Waals surface area contributed by atoms with Crippen LogP contribution >= 0.6 is 33.2 Å². The second-order valence-electron chi connectivity index (χ2n) is 5.31. The molecule has 0 spiro atoms. The zero-order chi connectivity index (χ0) is 11.5. The standard InChI is InChI=1S/C10H21Cl3Si2/c1-14(2,11)8-9-15(12,13)10-6-4-3-5-7-10/h10H,3-9H2,1-2H3. The van der Waals surface area contributed by atoms with E-state index < -0.39 is 14.1 Å². The summed E-state index contributed by atoms with van der Waals surface area (Å²) in [6.07, 6.45) is 6.51. The largest absolute Gasteiger partial charge is 0.254 e. The first-order valence-corrected chi connectivity index (χ1v) is 14.4. The van der Waals surface area contributed by atoms with Crippen LogP contribution in [-0.2, 0) is 0 Å². The second kappa shape index (κ2) is 5.77. The van der Waals surface area contributed by atoms with E-state index in [1.54, 1.807) is 0 Å². The van der Waals surface area contributed by atoms with Crippen LogP contribution in [0.15, 0.2) is 0 Å². The molecular formula is C10H21Cl3Si2. The van der Waals surface area contributed by atoms with Gasteiger partial charge in [0, 0.05) is 0 Å². The maximum Gasteiger partial charge on any atom is 0.254 e. The van der Waals surface area contributed by atoms with E-state index in [1.807, 2.05) is 0 Å². The van der Waals surface area contributed by atoms with Crippen LogP contribution in [0, 0.1) is 0 Å². The molecule has 1 aliphatic carbocycles. The Labute approximate surface area is 110 Å². The van der Waals surface area contributed by atoms with Crippen molar-refractivity contribution in [1.82, 2.24) is 0 Å². The van der Waals surface area contributed by atoms with Crippen LogP contribution in [0.3, 0.4) is 0 Å². The molecule has 0 saturated heterocycles. The molecule has 0 aromatic heterocycles. The maximum absolute atomic E-state index is 6.59. The summed E-state index contributed by atoms with van der Waals surface area (Å²) < 4.78 is 0. The predicted octanol–water partition coefficient (Wildman–Crippen LogP) is 5.68. The molecule has 0 heterocycles. The molecule has 1 rings (SSSR count). The van der Waals surface area contributed by atoms with E-state index >= 15 is 0 Å². The fraction of sp³-hybridized carbons (Fsp3) is 1.00. The second-order valence-corrected chi connectivity index (χ2v) is 19.8. The van der Waals surface area contributed by atoms with E-state index in [4.69, 9.17) is 33.2 Å². The highest BCUT2D eigenvalue weighted by Crippen LogP contribution is 2.45. The van der Waals surface area contributed by atoms with Gasteiger partial charge in [-0.05, 0) is 17.6 Å². The molecule has 0 nitrogen and oxygen atoms in total. The van der Waals surface area contributed by atoms with Crippen molar-refractivity contribution in [2.75, 3.05) is 0 Å². The zero-order valence-electron chi connectivity index (χ0n) is 9.66. The van der Waals surface area contributed by atoms with Crippen LogP contribution in [0.5, 0.6) is 0 Å². The molecule has 1 aliphatic rings. The van der Waals surface area contributed by atoms with Crippen molar-refractivity contribution in [2.45, 2.75) is 62.8 Å². The normalized spacial score (nSPS) is 20.6. The molecule has 15 heavy (non-hydrogen) atoms. The van der Waals surface area contributed by atoms with Crippen molar-refractivity contribution in [3.05, 3.63) is 0 Å². The highest BCUT2D eigenvalue weighted by Gasteiger charge is 2.39. The van der Waals surface area contributed by atoms with Crippen LogP contribution in [-0.4, -0.2) is 14.1 Å². The van der Waals surface area contributed by atoms with Gasteiger partial charge in [-0.25, -0.2) is 0 Å². The van der Waals surface area contributed by atoms with Crippen molar-refractivity contribution in [1.29, 1.82) is 0 Å². The van der Waals surface area contributed by atoms with Crippen LogP contribution in [0.4, 0.5) is 0 Å². The SMILES string of the molecule is C[Si](C)(Cl)CC[Si](Cl)(Cl)C1CCCCC1. The number of halogens is 3. The Bertz CT molecular complexity index is 195. The summed E-state index contributed by atoms with van der Waals surface area (Å²) >= 11 is 19.5. The van der Waals surface area contributed by atoms with E-state index in [0.717, 1.165) is 12.1 Å². The first-order valence-electron chi connectivity index (χ1n) is 5.88. The first kappa shape index (κ1) is 14.4. The highest BCUT2D eigenvalue weighted by atomic mass is 35.7. The maximum atomic E-state index is 6.59. The molecule has 0 aliphatic heterocycles. The molecule has 0 aromatic carbocycles. The molecule has 0 amide bonds. The summed E-state index contributed by atoms with van der Waals surface area (Å²) in [7, 11) is -1.49. The lowest BCUT2D eigenvalue weighted by Gasteiger charge is -2.31. The van der Waals surface area contributed by atoms with Crippen molar-refractivity contribution in [3.8, 4) is 0 Å². The fourth-order valence-corrected chi connectivity index (χ4v) is 11.4. The van der Waals surface area contributed by atoms with Gasteiger partial charge in [0.05, 0.1) is 0 Å². The third-order valence-electron chi connectivity index (χ3n) is 3.26. The van der Waals surface area contributed by atoms with Crippen LogP contribution < -0.4 is 0 Å². The zero-order valence-corrected chi connectivity index (χ0v) is 13.9. The minimum atomic E-state index is -2.02. The molecule has 0 bridgehead atoms. The Hall–Kier alpha value is 1.30. The van der Waals surface area contributed by atoms with E-state index in [0.29, 0.717) is 5.54 Å². The molecule has 0 aromatic rings. The van der Waals surface area contributed by atoms with E-state index in [1.165, 1.54) is 32.1 Å². The monoisotopic (exact) mass is 302 g/mol. The Balaban J connectivity index is 2.42. The molecule has 0 N–H and O–H groups in total. The van der Waals surface area contributed by atoms with Crippen molar-refractivity contribution in [2.24, 2.45) is 0 Å². The van der Waals surface area contributed by atoms with Crippen molar-refractivity contribution >= 4 is 47.3 Å². The smallest absolute Gasteiger partial charge is 0.168 e. The van der Waals surface area contributed by atoms with Gasteiger partial charge in [-0.15, -0.1) is 22.2 Å².